The molecular weight excluding hydrogens is 301 g/mol. The molecule has 0 aliphatic heterocycles. The van der Waals surface area contributed by atoms with Gasteiger partial charge in [-0.3, -0.25) is 4.79 Å². The predicted octanol–water partition coefficient (Wildman–Crippen LogP) is 3.91. The van der Waals surface area contributed by atoms with Crippen molar-refractivity contribution >= 4 is 17.9 Å². The Hall–Kier alpha value is -2.01. The SMILES string of the molecule is COc1cccc(Cc2cc(F)ccc2CN(C)C(=O)S)c1. The van der Waals surface area contributed by atoms with Gasteiger partial charge in [-0.25, -0.2) is 4.39 Å². The van der Waals surface area contributed by atoms with Gasteiger partial charge in [-0.1, -0.05) is 30.8 Å². The number of ether oxygens (including phenoxy) is 1. The summed E-state index contributed by atoms with van der Waals surface area (Å²) in [6.07, 6.45) is 0.568. The van der Waals surface area contributed by atoms with Gasteiger partial charge in [0.05, 0.1) is 7.11 Å². The molecule has 0 aliphatic rings. The molecule has 0 spiro atoms. The first kappa shape index (κ1) is 16.4. The van der Waals surface area contributed by atoms with Gasteiger partial charge in [-0.15, -0.1) is 0 Å². The van der Waals surface area contributed by atoms with Crippen LogP contribution in [-0.2, 0) is 13.0 Å². The van der Waals surface area contributed by atoms with Crippen molar-refractivity contribution in [2.75, 3.05) is 14.2 Å². The molecule has 0 radical (unpaired) electrons. The van der Waals surface area contributed by atoms with Crippen LogP contribution in [0.3, 0.4) is 0 Å². The number of rotatable bonds is 5. The summed E-state index contributed by atoms with van der Waals surface area (Å²) in [6.45, 7) is 0.391. The Bertz CT molecular complexity index is 675. The van der Waals surface area contributed by atoms with Crippen LogP contribution in [0.4, 0.5) is 9.18 Å². The molecule has 5 heteroatoms. The molecule has 0 N–H and O–H groups in total. The summed E-state index contributed by atoms with van der Waals surface area (Å²) < 4.78 is 18.8. The van der Waals surface area contributed by atoms with E-state index in [0.717, 1.165) is 22.4 Å². The van der Waals surface area contributed by atoms with Crippen molar-refractivity contribution in [2.45, 2.75) is 13.0 Å². The molecule has 2 aromatic carbocycles. The van der Waals surface area contributed by atoms with Crippen molar-refractivity contribution in [3.05, 3.63) is 65.0 Å². The van der Waals surface area contributed by atoms with Gasteiger partial charge in [-0.2, -0.15) is 0 Å². The predicted molar refractivity (Wildman–Crippen MR) is 88.0 cm³/mol. The highest BCUT2D eigenvalue weighted by atomic mass is 32.1. The number of carbonyl (C=O) groups is 1. The quantitative estimate of drug-likeness (QED) is 0.847. The molecule has 0 unspecified atom stereocenters. The van der Waals surface area contributed by atoms with E-state index in [9.17, 15) is 9.18 Å². The molecule has 0 saturated carbocycles. The fourth-order valence-corrected chi connectivity index (χ4v) is 2.31. The van der Waals surface area contributed by atoms with E-state index in [0.29, 0.717) is 13.0 Å². The molecule has 1 amide bonds. The standard InChI is InChI=1S/C17H18FNO2S/c1-19(17(20)22)11-13-6-7-15(18)10-14(13)8-12-4-3-5-16(9-12)21-2/h3-7,9-10H,8,11H2,1-2H3,(H,20,22). The molecule has 2 rings (SSSR count). The summed E-state index contributed by atoms with van der Waals surface area (Å²) in [5.41, 5.74) is 2.76. The van der Waals surface area contributed by atoms with Crippen molar-refractivity contribution in [1.82, 2.24) is 4.90 Å². The summed E-state index contributed by atoms with van der Waals surface area (Å²) in [5.74, 6) is 0.472. The minimum Gasteiger partial charge on any atom is -0.497 e. The van der Waals surface area contributed by atoms with Crippen molar-refractivity contribution in [2.24, 2.45) is 0 Å². The zero-order valence-corrected chi connectivity index (χ0v) is 13.4. The van der Waals surface area contributed by atoms with E-state index in [1.165, 1.54) is 17.0 Å². The number of hydrogen-bond donors (Lipinski definition) is 1. The zero-order chi connectivity index (χ0) is 16.1. The lowest BCUT2D eigenvalue weighted by Gasteiger charge is -2.17. The Balaban J connectivity index is 2.28. The number of nitrogens with zero attached hydrogens (tertiary/aromatic N) is 1. The van der Waals surface area contributed by atoms with Crippen molar-refractivity contribution < 1.29 is 13.9 Å². The summed E-state index contributed by atoms with van der Waals surface area (Å²) in [5, 5.41) is -0.323. The van der Waals surface area contributed by atoms with Crippen LogP contribution in [0.25, 0.3) is 0 Å². The van der Waals surface area contributed by atoms with Crippen molar-refractivity contribution in [3.63, 3.8) is 0 Å². The van der Waals surface area contributed by atoms with E-state index < -0.39 is 0 Å². The summed E-state index contributed by atoms with van der Waals surface area (Å²) >= 11 is 3.80. The first-order valence-corrected chi connectivity index (χ1v) is 7.28. The number of halogens is 1. The normalized spacial score (nSPS) is 10.4. The third-order valence-corrected chi connectivity index (χ3v) is 3.77. The fourth-order valence-electron chi connectivity index (χ4n) is 2.24. The fraction of sp³-hybridized carbons (Fsp3) is 0.235. The molecule has 0 fully saturated rings. The van der Waals surface area contributed by atoms with Crippen LogP contribution in [-0.4, -0.2) is 24.3 Å². The van der Waals surface area contributed by atoms with E-state index in [4.69, 9.17) is 4.74 Å². The summed E-state index contributed by atoms with van der Waals surface area (Å²) in [6, 6.07) is 12.3. The maximum absolute atomic E-state index is 13.6. The minimum atomic E-state index is -0.323. The molecule has 0 atom stereocenters. The van der Waals surface area contributed by atoms with Crippen molar-refractivity contribution in [3.8, 4) is 5.75 Å². The first-order valence-electron chi connectivity index (χ1n) is 6.84. The number of amides is 1. The second-order valence-electron chi connectivity index (χ2n) is 5.08. The summed E-state index contributed by atoms with van der Waals surface area (Å²) in [4.78, 5) is 12.7. The largest absolute Gasteiger partial charge is 0.497 e. The molecule has 2 aromatic rings. The molecule has 0 bridgehead atoms. The number of methoxy groups -OCH3 is 1. The van der Waals surface area contributed by atoms with Gasteiger partial charge >= 0.3 is 0 Å². The maximum atomic E-state index is 13.6. The van der Waals surface area contributed by atoms with Crippen LogP contribution in [0.2, 0.25) is 0 Å². The first-order chi connectivity index (χ1) is 10.5. The van der Waals surface area contributed by atoms with Crippen LogP contribution in [0.1, 0.15) is 16.7 Å². The third kappa shape index (κ3) is 4.24. The monoisotopic (exact) mass is 319 g/mol. The lowest BCUT2D eigenvalue weighted by molar-refractivity contribution is 0.232. The molecular formula is C17H18FNO2S. The Labute approximate surface area is 135 Å². The van der Waals surface area contributed by atoms with E-state index in [1.807, 2.05) is 24.3 Å². The number of carbonyl (C=O) groups excluding carboxylic acids is 1. The Kier molecular flexibility index (Phi) is 5.44. The Morgan fingerprint density at radius 2 is 2.00 bits per heavy atom. The van der Waals surface area contributed by atoms with Gasteiger partial charge in [0.1, 0.15) is 11.6 Å². The highest BCUT2D eigenvalue weighted by molar-refractivity contribution is 7.96. The second-order valence-corrected chi connectivity index (χ2v) is 5.46. The highest BCUT2D eigenvalue weighted by Gasteiger charge is 2.10. The van der Waals surface area contributed by atoms with E-state index in [1.54, 1.807) is 20.2 Å². The lowest BCUT2D eigenvalue weighted by Crippen LogP contribution is -2.21. The topological polar surface area (TPSA) is 29.5 Å². The van der Waals surface area contributed by atoms with E-state index in [2.05, 4.69) is 12.6 Å². The number of benzene rings is 2. The molecule has 0 heterocycles. The van der Waals surface area contributed by atoms with Gasteiger partial charge in [0.25, 0.3) is 5.24 Å². The highest BCUT2D eigenvalue weighted by Crippen LogP contribution is 2.20. The third-order valence-electron chi connectivity index (χ3n) is 3.43. The van der Waals surface area contributed by atoms with Crippen molar-refractivity contribution in [1.29, 1.82) is 0 Å². The smallest absolute Gasteiger partial charge is 0.278 e. The van der Waals surface area contributed by atoms with Crippen LogP contribution in [0, 0.1) is 5.82 Å². The van der Waals surface area contributed by atoms with E-state index in [-0.39, 0.29) is 11.1 Å². The van der Waals surface area contributed by atoms with E-state index >= 15 is 0 Å². The molecule has 22 heavy (non-hydrogen) atoms. The second kappa shape index (κ2) is 7.31. The number of hydrogen-bond acceptors (Lipinski definition) is 2. The van der Waals surface area contributed by atoms with Gasteiger partial charge in [0.2, 0.25) is 0 Å². The average Bonchev–Trinajstić information content (AvgIpc) is 2.50. The lowest BCUT2D eigenvalue weighted by atomic mass is 9.99. The number of thiol groups is 1. The Morgan fingerprint density at radius 3 is 2.68 bits per heavy atom. The Morgan fingerprint density at radius 1 is 1.23 bits per heavy atom. The molecule has 0 aromatic heterocycles. The van der Waals surface area contributed by atoms with Gasteiger partial charge in [0.15, 0.2) is 0 Å². The molecule has 0 saturated heterocycles. The summed E-state index contributed by atoms with van der Waals surface area (Å²) in [7, 11) is 3.27. The van der Waals surface area contributed by atoms with Crippen LogP contribution >= 0.6 is 12.6 Å². The van der Waals surface area contributed by atoms with Gasteiger partial charge in [-0.05, 0) is 47.4 Å². The molecule has 0 aliphatic carbocycles. The van der Waals surface area contributed by atoms with Crippen LogP contribution in [0.15, 0.2) is 42.5 Å². The molecule has 3 nitrogen and oxygen atoms in total. The van der Waals surface area contributed by atoms with Crippen LogP contribution in [0.5, 0.6) is 5.75 Å². The minimum absolute atomic E-state index is 0.290. The average molecular weight is 319 g/mol. The molecule has 116 valence electrons. The van der Waals surface area contributed by atoms with Gasteiger partial charge < -0.3 is 9.64 Å². The van der Waals surface area contributed by atoms with Gasteiger partial charge in [0, 0.05) is 13.6 Å². The zero-order valence-electron chi connectivity index (χ0n) is 12.5. The van der Waals surface area contributed by atoms with Crippen LogP contribution < -0.4 is 4.74 Å². The maximum Gasteiger partial charge on any atom is 0.278 e.